The van der Waals surface area contributed by atoms with Crippen LogP contribution in [-0.4, -0.2) is 38.6 Å². The number of nitrogen functional groups attached to an aromatic ring is 1. The average molecular weight is 448 g/mol. The lowest BCUT2D eigenvalue weighted by Crippen LogP contribution is -2.31. The van der Waals surface area contributed by atoms with Crippen molar-refractivity contribution in [3.05, 3.63) is 71.7 Å². The van der Waals surface area contributed by atoms with Crippen LogP contribution in [0.5, 0.6) is 0 Å². The zero-order valence-corrected chi connectivity index (χ0v) is 18.2. The topological polar surface area (TPSA) is 80.3 Å². The van der Waals surface area contributed by atoms with Gasteiger partial charge in [0.15, 0.2) is 0 Å². The highest BCUT2D eigenvalue weighted by Gasteiger charge is 2.30. The number of rotatable bonds is 4. The molecule has 0 aliphatic carbocycles. The van der Waals surface area contributed by atoms with Crippen LogP contribution in [-0.2, 0) is 13.6 Å². The summed E-state index contributed by atoms with van der Waals surface area (Å²) in [6, 6.07) is 9.18. The molecule has 0 unspecified atom stereocenters. The second-order valence-corrected chi connectivity index (χ2v) is 8.27. The fourth-order valence-corrected chi connectivity index (χ4v) is 4.42. The third-order valence-electron chi connectivity index (χ3n) is 5.91. The van der Waals surface area contributed by atoms with Gasteiger partial charge in [-0.3, -0.25) is 4.90 Å². The number of hydrogen-bond acceptors (Lipinski definition) is 4. The predicted octanol–water partition coefficient (Wildman–Crippen LogP) is 4.25. The molecule has 1 fully saturated rings. The number of carbonyl (C=O) groups excluding carboxylic acids is 1. The fourth-order valence-electron chi connectivity index (χ4n) is 4.42. The van der Waals surface area contributed by atoms with Gasteiger partial charge in [0, 0.05) is 49.7 Å². The molecule has 0 saturated carbocycles. The van der Waals surface area contributed by atoms with E-state index in [1.807, 2.05) is 20.0 Å². The van der Waals surface area contributed by atoms with Crippen molar-refractivity contribution in [3.63, 3.8) is 0 Å². The van der Waals surface area contributed by atoms with Crippen molar-refractivity contribution in [3.8, 4) is 11.1 Å². The van der Waals surface area contributed by atoms with E-state index in [1.54, 1.807) is 27.8 Å². The number of nitrogens with two attached hydrogens (primary N) is 1. The monoisotopic (exact) mass is 448 g/mol. The Morgan fingerprint density at radius 1 is 1.06 bits per heavy atom. The highest BCUT2D eigenvalue weighted by molar-refractivity contribution is 6.01. The first-order valence-corrected chi connectivity index (χ1v) is 10.5. The zero-order chi connectivity index (χ0) is 23.3. The molecule has 1 saturated heterocycles. The van der Waals surface area contributed by atoms with Gasteiger partial charge in [-0.15, -0.1) is 0 Å². The van der Waals surface area contributed by atoms with Crippen LogP contribution >= 0.6 is 0 Å². The summed E-state index contributed by atoms with van der Waals surface area (Å²) >= 11 is 0. The number of aromatic nitrogens is 3. The number of aryl methyl sites for hydroxylation is 2. The number of urea groups is 1. The summed E-state index contributed by atoms with van der Waals surface area (Å²) in [5.41, 5.74) is 9.56. The maximum atomic E-state index is 15.2. The summed E-state index contributed by atoms with van der Waals surface area (Å²) in [4.78, 5) is 24.4. The minimum atomic E-state index is -0.477. The number of halogens is 2. The van der Waals surface area contributed by atoms with Gasteiger partial charge in [0.25, 0.3) is 0 Å². The largest absolute Gasteiger partial charge is 0.383 e. The Labute approximate surface area is 189 Å². The molecule has 0 atom stereocenters. The minimum absolute atomic E-state index is 0.244. The Balaban J connectivity index is 1.42. The first-order valence-electron chi connectivity index (χ1n) is 10.5. The van der Waals surface area contributed by atoms with Crippen LogP contribution in [0.3, 0.4) is 0 Å². The van der Waals surface area contributed by atoms with E-state index >= 15 is 4.39 Å². The van der Waals surface area contributed by atoms with E-state index in [0.717, 1.165) is 11.1 Å². The van der Waals surface area contributed by atoms with Gasteiger partial charge in [0.1, 0.15) is 29.4 Å². The smallest absolute Gasteiger partial charge is 0.324 e. The molecular formula is C24H22F2N6O. The Morgan fingerprint density at radius 2 is 1.88 bits per heavy atom. The molecule has 168 valence electrons. The Bertz CT molecular complexity index is 1380. The molecule has 1 aliphatic rings. The van der Waals surface area contributed by atoms with Crippen molar-refractivity contribution in [2.24, 2.45) is 7.05 Å². The van der Waals surface area contributed by atoms with E-state index in [1.165, 1.54) is 29.4 Å². The number of hydrogen-bond donors (Lipinski definition) is 1. The van der Waals surface area contributed by atoms with Gasteiger partial charge < -0.3 is 15.2 Å². The summed E-state index contributed by atoms with van der Waals surface area (Å²) in [6.45, 7) is 2.99. The molecule has 2 N–H and O–H groups in total. The number of anilines is 2. The molecule has 9 heteroatoms. The second-order valence-electron chi connectivity index (χ2n) is 8.27. The third-order valence-corrected chi connectivity index (χ3v) is 5.91. The van der Waals surface area contributed by atoms with Crippen molar-refractivity contribution in [1.82, 2.24) is 19.4 Å². The lowest BCUT2D eigenvalue weighted by molar-refractivity contribution is 0.218. The van der Waals surface area contributed by atoms with Gasteiger partial charge in [-0.05, 0) is 48.4 Å². The highest BCUT2D eigenvalue weighted by atomic mass is 19.1. The van der Waals surface area contributed by atoms with Gasteiger partial charge in [-0.25, -0.2) is 23.5 Å². The molecule has 4 aromatic rings. The molecule has 0 bridgehead atoms. The molecule has 2 aromatic carbocycles. The number of benzene rings is 2. The maximum absolute atomic E-state index is 15.2. The average Bonchev–Trinajstić information content (AvgIpc) is 3.28. The van der Waals surface area contributed by atoms with Crippen LogP contribution in [0.2, 0.25) is 0 Å². The Morgan fingerprint density at radius 3 is 2.64 bits per heavy atom. The van der Waals surface area contributed by atoms with Gasteiger partial charge >= 0.3 is 6.03 Å². The normalized spacial score (nSPS) is 14.0. The lowest BCUT2D eigenvalue weighted by atomic mass is 10.0. The SMILES string of the molecule is Cc1cc(F)cc(CN2CCN(c3ccc(-c4cn(C)c5ncnc(N)c45)c(F)c3)C2=O)c1. The van der Waals surface area contributed by atoms with E-state index in [0.29, 0.717) is 47.5 Å². The molecule has 33 heavy (non-hydrogen) atoms. The Hall–Kier alpha value is -4.01. The molecule has 3 heterocycles. The van der Waals surface area contributed by atoms with Gasteiger partial charge in [0.05, 0.1) is 5.39 Å². The van der Waals surface area contributed by atoms with Crippen LogP contribution in [0.25, 0.3) is 22.2 Å². The van der Waals surface area contributed by atoms with Crippen molar-refractivity contribution >= 4 is 28.6 Å². The number of amides is 2. The molecule has 5 rings (SSSR count). The van der Waals surface area contributed by atoms with E-state index in [4.69, 9.17) is 5.73 Å². The molecule has 2 aromatic heterocycles. The number of nitrogens with zero attached hydrogens (tertiary/aromatic N) is 5. The number of fused-ring (bicyclic) bond motifs is 1. The van der Waals surface area contributed by atoms with Crippen LogP contribution in [0.4, 0.5) is 25.1 Å². The maximum Gasteiger partial charge on any atom is 0.324 e. The molecule has 0 spiro atoms. The summed E-state index contributed by atoms with van der Waals surface area (Å²) in [5.74, 6) is -0.530. The van der Waals surface area contributed by atoms with Crippen molar-refractivity contribution in [2.75, 3.05) is 23.7 Å². The zero-order valence-electron chi connectivity index (χ0n) is 18.2. The quantitative estimate of drug-likeness (QED) is 0.506. The van der Waals surface area contributed by atoms with Gasteiger partial charge in [0.2, 0.25) is 0 Å². The third kappa shape index (κ3) is 3.65. The van der Waals surface area contributed by atoms with E-state index < -0.39 is 5.82 Å². The fraction of sp³-hybridized carbons (Fsp3) is 0.208. The summed E-state index contributed by atoms with van der Waals surface area (Å²) in [6.07, 6.45) is 3.13. The molecule has 0 radical (unpaired) electrons. The van der Waals surface area contributed by atoms with Gasteiger partial charge in [-0.1, -0.05) is 6.07 Å². The van der Waals surface area contributed by atoms with Crippen molar-refractivity contribution in [2.45, 2.75) is 13.5 Å². The summed E-state index contributed by atoms with van der Waals surface area (Å²) in [7, 11) is 1.81. The lowest BCUT2D eigenvalue weighted by Gasteiger charge is -2.19. The number of carbonyl (C=O) groups is 1. The molecule has 2 amide bonds. The second kappa shape index (κ2) is 7.84. The van der Waals surface area contributed by atoms with E-state index in [9.17, 15) is 9.18 Å². The molecule has 1 aliphatic heterocycles. The van der Waals surface area contributed by atoms with Gasteiger partial charge in [-0.2, -0.15) is 0 Å². The minimum Gasteiger partial charge on any atom is -0.383 e. The first kappa shape index (κ1) is 20.9. The van der Waals surface area contributed by atoms with Crippen LogP contribution in [0.15, 0.2) is 48.9 Å². The summed E-state index contributed by atoms with van der Waals surface area (Å²) in [5, 5.41) is 0.584. The van der Waals surface area contributed by atoms with Crippen LogP contribution in [0, 0.1) is 18.6 Å². The van der Waals surface area contributed by atoms with Crippen LogP contribution < -0.4 is 10.6 Å². The van der Waals surface area contributed by atoms with Crippen LogP contribution in [0.1, 0.15) is 11.1 Å². The van der Waals surface area contributed by atoms with Crippen molar-refractivity contribution < 1.29 is 13.6 Å². The predicted molar refractivity (Wildman–Crippen MR) is 123 cm³/mol. The van der Waals surface area contributed by atoms with Crippen molar-refractivity contribution in [1.29, 1.82) is 0 Å². The highest BCUT2D eigenvalue weighted by Crippen LogP contribution is 2.35. The van der Waals surface area contributed by atoms with E-state index in [-0.39, 0.29) is 17.7 Å². The Kier molecular flexibility index (Phi) is 4.96. The first-order chi connectivity index (χ1) is 15.8. The standard InChI is InChI=1S/C24H22F2N6O/c1-14-7-15(9-16(25)8-14)11-31-5-6-32(24(31)33)17-3-4-18(20(26)10-17)19-12-30(2)23-21(19)22(27)28-13-29-23/h3-4,7-10,12-13H,5-6,11H2,1-2H3,(H2,27,28,29). The summed E-state index contributed by atoms with van der Waals surface area (Å²) < 4.78 is 30.7. The molecule has 7 nitrogen and oxygen atoms in total. The molecular weight excluding hydrogens is 426 g/mol. The van der Waals surface area contributed by atoms with E-state index in [2.05, 4.69) is 9.97 Å².